The van der Waals surface area contributed by atoms with Crippen molar-refractivity contribution in [2.45, 2.75) is 25.1 Å². The molecular formula is C12H13F2NO2. The van der Waals surface area contributed by atoms with E-state index in [1.165, 1.54) is 29.2 Å². The summed E-state index contributed by atoms with van der Waals surface area (Å²) < 4.78 is 26.1. The van der Waals surface area contributed by atoms with E-state index in [0.29, 0.717) is 5.56 Å². The van der Waals surface area contributed by atoms with Crippen LogP contribution in [0.2, 0.25) is 0 Å². The van der Waals surface area contributed by atoms with Crippen LogP contribution in [-0.4, -0.2) is 28.8 Å². The number of benzene rings is 1. The highest BCUT2D eigenvalue weighted by atomic mass is 19.1. The lowest BCUT2D eigenvalue weighted by molar-refractivity contribution is 0.0780. The Kier molecular flexibility index (Phi) is 3.26. The molecule has 1 heterocycles. The number of hydrogen-bond donors (Lipinski definition) is 1. The van der Waals surface area contributed by atoms with E-state index >= 15 is 0 Å². The van der Waals surface area contributed by atoms with E-state index in [4.69, 9.17) is 5.11 Å². The number of carbonyl (C=O) groups is 1. The fraction of sp³-hybridized carbons (Fsp3) is 0.417. The first-order valence-corrected chi connectivity index (χ1v) is 5.47. The molecule has 0 aromatic heterocycles. The van der Waals surface area contributed by atoms with E-state index in [2.05, 4.69) is 0 Å². The Labute approximate surface area is 97.7 Å². The summed E-state index contributed by atoms with van der Waals surface area (Å²) in [4.78, 5) is 12.3. The van der Waals surface area contributed by atoms with Crippen molar-refractivity contribution in [2.75, 3.05) is 6.54 Å². The van der Waals surface area contributed by atoms with Crippen molar-refractivity contribution < 1.29 is 18.7 Å². The molecule has 1 aliphatic heterocycles. The quantitative estimate of drug-likeness (QED) is 0.821. The number of likely N-dealkylation sites (tertiary alicyclic amines) is 1. The number of piperidine rings is 1. The second-order valence-electron chi connectivity index (χ2n) is 4.16. The van der Waals surface area contributed by atoms with Gasteiger partial charge in [-0.3, -0.25) is 0 Å². The van der Waals surface area contributed by atoms with Gasteiger partial charge >= 0.3 is 6.09 Å². The van der Waals surface area contributed by atoms with E-state index in [9.17, 15) is 13.6 Å². The molecule has 17 heavy (non-hydrogen) atoms. The van der Waals surface area contributed by atoms with Gasteiger partial charge in [-0.15, -0.1) is 0 Å². The standard InChI is InChI=1S/C12H13F2NO2/c13-9-3-1-8(2-4-9)11-7-10(14)5-6-15(11)12(16)17/h1-4,10-11H,5-7H2,(H,16,17). The van der Waals surface area contributed by atoms with Gasteiger partial charge in [-0.2, -0.15) is 0 Å². The molecule has 2 rings (SSSR count). The lowest BCUT2D eigenvalue weighted by Crippen LogP contribution is -2.40. The Bertz CT molecular complexity index is 407. The third kappa shape index (κ3) is 2.54. The average Bonchev–Trinajstić information content (AvgIpc) is 2.29. The first-order valence-electron chi connectivity index (χ1n) is 5.47. The van der Waals surface area contributed by atoms with Gasteiger partial charge in [-0.1, -0.05) is 12.1 Å². The van der Waals surface area contributed by atoms with Gasteiger partial charge in [0, 0.05) is 13.0 Å². The molecule has 3 nitrogen and oxygen atoms in total. The normalized spacial score (nSPS) is 24.7. The summed E-state index contributed by atoms with van der Waals surface area (Å²) in [5.74, 6) is -0.386. The van der Waals surface area contributed by atoms with Crippen LogP contribution >= 0.6 is 0 Å². The van der Waals surface area contributed by atoms with Crippen molar-refractivity contribution in [3.63, 3.8) is 0 Å². The second kappa shape index (κ2) is 4.69. The van der Waals surface area contributed by atoms with Gasteiger partial charge in [-0.05, 0) is 24.1 Å². The number of carboxylic acid groups (broad SMARTS) is 1. The van der Waals surface area contributed by atoms with Gasteiger partial charge in [0.25, 0.3) is 0 Å². The largest absolute Gasteiger partial charge is 0.465 e. The molecule has 0 aliphatic carbocycles. The van der Waals surface area contributed by atoms with Crippen LogP contribution in [0.15, 0.2) is 24.3 Å². The van der Waals surface area contributed by atoms with Crippen LogP contribution < -0.4 is 0 Å². The number of amides is 1. The number of hydrogen-bond acceptors (Lipinski definition) is 1. The molecule has 1 aliphatic rings. The molecule has 92 valence electrons. The van der Waals surface area contributed by atoms with E-state index in [-0.39, 0.29) is 25.2 Å². The topological polar surface area (TPSA) is 40.5 Å². The first-order chi connectivity index (χ1) is 8.08. The van der Waals surface area contributed by atoms with Gasteiger partial charge in [-0.25, -0.2) is 13.6 Å². The monoisotopic (exact) mass is 241 g/mol. The van der Waals surface area contributed by atoms with Crippen molar-refractivity contribution in [1.29, 1.82) is 0 Å². The van der Waals surface area contributed by atoms with Crippen LogP contribution in [0, 0.1) is 5.82 Å². The zero-order valence-electron chi connectivity index (χ0n) is 9.14. The summed E-state index contributed by atoms with van der Waals surface area (Å²) in [6, 6.07) is 5.02. The zero-order chi connectivity index (χ0) is 12.4. The molecule has 1 fully saturated rings. The van der Waals surface area contributed by atoms with Crippen LogP contribution in [-0.2, 0) is 0 Å². The predicted octanol–water partition coefficient (Wildman–Crippen LogP) is 2.98. The fourth-order valence-electron chi connectivity index (χ4n) is 2.15. The van der Waals surface area contributed by atoms with Crippen molar-refractivity contribution in [3.8, 4) is 0 Å². The lowest BCUT2D eigenvalue weighted by Gasteiger charge is -2.35. The molecule has 1 amide bonds. The highest BCUT2D eigenvalue weighted by Gasteiger charge is 2.32. The van der Waals surface area contributed by atoms with E-state index in [1.54, 1.807) is 0 Å². The fourth-order valence-corrected chi connectivity index (χ4v) is 2.15. The molecule has 0 spiro atoms. The third-order valence-corrected chi connectivity index (χ3v) is 3.04. The molecule has 1 N–H and O–H groups in total. The SMILES string of the molecule is O=C(O)N1CCC(F)CC1c1ccc(F)cc1. The molecule has 5 heteroatoms. The molecule has 2 unspecified atom stereocenters. The molecule has 1 aromatic rings. The molecule has 2 atom stereocenters. The van der Waals surface area contributed by atoms with Crippen molar-refractivity contribution in [3.05, 3.63) is 35.6 Å². The van der Waals surface area contributed by atoms with Crippen LogP contribution in [0.1, 0.15) is 24.4 Å². The number of alkyl halides is 1. The van der Waals surface area contributed by atoms with Gasteiger partial charge < -0.3 is 10.0 Å². The average molecular weight is 241 g/mol. The van der Waals surface area contributed by atoms with Crippen molar-refractivity contribution in [2.24, 2.45) is 0 Å². The Morgan fingerprint density at radius 1 is 1.35 bits per heavy atom. The molecule has 0 bridgehead atoms. The summed E-state index contributed by atoms with van der Waals surface area (Å²) in [6.45, 7) is 0.179. The number of halogens is 2. The number of nitrogens with zero attached hydrogens (tertiary/aromatic N) is 1. The third-order valence-electron chi connectivity index (χ3n) is 3.04. The van der Waals surface area contributed by atoms with Crippen LogP contribution in [0.4, 0.5) is 13.6 Å². The summed E-state index contributed by atoms with van der Waals surface area (Å²) in [5.41, 5.74) is 0.635. The van der Waals surface area contributed by atoms with Gasteiger partial charge in [0.05, 0.1) is 6.04 Å². The minimum absolute atomic E-state index is 0.137. The maximum absolute atomic E-state index is 13.3. The van der Waals surface area contributed by atoms with Gasteiger partial charge in [0.1, 0.15) is 12.0 Å². The Balaban J connectivity index is 2.25. The summed E-state index contributed by atoms with van der Waals surface area (Å²) in [6.07, 6.45) is -1.70. The summed E-state index contributed by atoms with van der Waals surface area (Å²) in [7, 11) is 0. The Morgan fingerprint density at radius 2 is 2.00 bits per heavy atom. The molecule has 1 aromatic carbocycles. The van der Waals surface area contributed by atoms with Crippen LogP contribution in [0.5, 0.6) is 0 Å². The van der Waals surface area contributed by atoms with Crippen LogP contribution in [0.3, 0.4) is 0 Å². The van der Waals surface area contributed by atoms with Gasteiger partial charge in [0.2, 0.25) is 0 Å². The van der Waals surface area contributed by atoms with E-state index < -0.39 is 18.3 Å². The second-order valence-corrected chi connectivity index (χ2v) is 4.16. The molecule has 1 saturated heterocycles. The first kappa shape index (κ1) is 11.8. The smallest absolute Gasteiger partial charge is 0.407 e. The minimum Gasteiger partial charge on any atom is -0.465 e. The highest BCUT2D eigenvalue weighted by Crippen LogP contribution is 2.32. The maximum Gasteiger partial charge on any atom is 0.407 e. The minimum atomic E-state index is -1.06. The van der Waals surface area contributed by atoms with Crippen LogP contribution in [0.25, 0.3) is 0 Å². The van der Waals surface area contributed by atoms with Crippen molar-refractivity contribution >= 4 is 6.09 Å². The molecular weight excluding hydrogens is 228 g/mol. The Hall–Kier alpha value is -1.65. The molecule has 0 radical (unpaired) electrons. The highest BCUT2D eigenvalue weighted by molar-refractivity contribution is 5.66. The van der Waals surface area contributed by atoms with Crippen molar-refractivity contribution in [1.82, 2.24) is 4.90 Å². The predicted molar refractivity (Wildman–Crippen MR) is 58.0 cm³/mol. The summed E-state index contributed by atoms with van der Waals surface area (Å²) in [5, 5.41) is 9.04. The summed E-state index contributed by atoms with van der Waals surface area (Å²) >= 11 is 0. The number of rotatable bonds is 1. The zero-order valence-corrected chi connectivity index (χ0v) is 9.14. The lowest BCUT2D eigenvalue weighted by atomic mass is 9.94. The molecule has 0 saturated carbocycles. The van der Waals surface area contributed by atoms with E-state index in [1.807, 2.05) is 0 Å². The Morgan fingerprint density at radius 3 is 2.59 bits per heavy atom. The van der Waals surface area contributed by atoms with Gasteiger partial charge in [0.15, 0.2) is 0 Å². The maximum atomic E-state index is 13.3. The van der Waals surface area contributed by atoms with E-state index in [0.717, 1.165) is 0 Å².